The predicted octanol–water partition coefficient (Wildman–Crippen LogP) is 3.58. The fourth-order valence-corrected chi connectivity index (χ4v) is 2.60. The van der Waals surface area contributed by atoms with E-state index >= 15 is 0 Å². The van der Waals surface area contributed by atoms with Crippen molar-refractivity contribution in [3.05, 3.63) is 53.5 Å². The zero-order valence-electron chi connectivity index (χ0n) is 11.3. The Morgan fingerprint density at radius 1 is 1.21 bits per heavy atom. The molecule has 100 valence electrons. The summed E-state index contributed by atoms with van der Waals surface area (Å²) in [5.41, 5.74) is 1.92. The topological polar surface area (TPSA) is 33.5 Å². The standard InChI is InChI=1S/C15H17NO2S/c1-11-14(8-9-18-11)19-10-12-4-6-13(7-5-12)15(17)16(2)3/h4-9H,10H2,1-3H3. The van der Waals surface area contributed by atoms with Gasteiger partial charge in [0.15, 0.2) is 0 Å². The molecule has 0 aliphatic heterocycles. The van der Waals surface area contributed by atoms with E-state index in [1.807, 2.05) is 37.3 Å². The smallest absolute Gasteiger partial charge is 0.253 e. The summed E-state index contributed by atoms with van der Waals surface area (Å²) in [6.07, 6.45) is 1.70. The third kappa shape index (κ3) is 3.41. The SMILES string of the molecule is Cc1occc1SCc1ccc(C(=O)N(C)C)cc1. The quantitative estimate of drug-likeness (QED) is 0.800. The molecule has 2 aromatic rings. The molecule has 0 N–H and O–H groups in total. The molecule has 0 aliphatic carbocycles. The summed E-state index contributed by atoms with van der Waals surface area (Å²) in [5, 5.41) is 0. The molecule has 19 heavy (non-hydrogen) atoms. The number of amides is 1. The molecule has 0 radical (unpaired) electrons. The van der Waals surface area contributed by atoms with Gasteiger partial charge >= 0.3 is 0 Å². The lowest BCUT2D eigenvalue weighted by Gasteiger charge is -2.10. The average molecular weight is 275 g/mol. The summed E-state index contributed by atoms with van der Waals surface area (Å²) in [4.78, 5) is 14.5. The molecule has 4 heteroatoms. The lowest BCUT2D eigenvalue weighted by Crippen LogP contribution is -2.21. The third-order valence-corrected chi connectivity index (χ3v) is 4.02. The van der Waals surface area contributed by atoms with Gasteiger partial charge in [0.05, 0.1) is 6.26 Å². The highest BCUT2D eigenvalue weighted by atomic mass is 32.2. The van der Waals surface area contributed by atoms with Gasteiger partial charge in [-0.05, 0) is 30.7 Å². The van der Waals surface area contributed by atoms with Crippen molar-refractivity contribution in [2.24, 2.45) is 0 Å². The number of hydrogen-bond donors (Lipinski definition) is 0. The van der Waals surface area contributed by atoms with Crippen molar-refractivity contribution < 1.29 is 9.21 Å². The number of nitrogens with zero attached hydrogens (tertiary/aromatic N) is 1. The molecule has 1 heterocycles. The molecule has 0 atom stereocenters. The van der Waals surface area contributed by atoms with Crippen LogP contribution in [-0.2, 0) is 5.75 Å². The van der Waals surface area contributed by atoms with E-state index in [2.05, 4.69) is 0 Å². The van der Waals surface area contributed by atoms with Crippen LogP contribution in [0.3, 0.4) is 0 Å². The van der Waals surface area contributed by atoms with Crippen LogP contribution in [0.15, 0.2) is 45.9 Å². The number of benzene rings is 1. The Balaban J connectivity index is 1.99. The largest absolute Gasteiger partial charge is 0.468 e. The van der Waals surface area contributed by atoms with Crippen LogP contribution in [0, 0.1) is 6.92 Å². The van der Waals surface area contributed by atoms with Crippen LogP contribution in [0.2, 0.25) is 0 Å². The van der Waals surface area contributed by atoms with Crippen molar-refractivity contribution >= 4 is 17.7 Å². The van der Waals surface area contributed by atoms with Gasteiger partial charge in [-0.15, -0.1) is 11.8 Å². The number of carbonyl (C=O) groups excluding carboxylic acids is 1. The van der Waals surface area contributed by atoms with Gasteiger partial charge in [-0.3, -0.25) is 4.79 Å². The molecule has 1 aromatic carbocycles. The number of furan rings is 1. The van der Waals surface area contributed by atoms with Crippen molar-refractivity contribution in [2.45, 2.75) is 17.6 Å². The Bertz CT molecular complexity index is 558. The fraction of sp³-hybridized carbons (Fsp3) is 0.267. The van der Waals surface area contributed by atoms with E-state index in [1.165, 1.54) is 5.56 Å². The minimum atomic E-state index is 0.0323. The van der Waals surface area contributed by atoms with Gasteiger partial charge in [0.2, 0.25) is 0 Å². The van der Waals surface area contributed by atoms with Gasteiger partial charge in [0.1, 0.15) is 5.76 Å². The highest BCUT2D eigenvalue weighted by molar-refractivity contribution is 7.98. The second kappa shape index (κ2) is 5.97. The zero-order valence-corrected chi connectivity index (χ0v) is 12.2. The summed E-state index contributed by atoms with van der Waals surface area (Å²) in [6.45, 7) is 1.96. The van der Waals surface area contributed by atoms with E-state index in [0.29, 0.717) is 0 Å². The van der Waals surface area contributed by atoms with Crippen LogP contribution in [0.25, 0.3) is 0 Å². The average Bonchev–Trinajstić information content (AvgIpc) is 2.81. The minimum Gasteiger partial charge on any atom is -0.468 e. The summed E-state index contributed by atoms with van der Waals surface area (Å²) in [6, 6.07) is 9.73. The van der Waals surface area contributed by atoms with E-state index in [-0.39, 0.29) is 5.91 Å². The molecule has 0 aliphatic rings. The van der Waals surface area contributed by atoms with Crippen LogP contribution in [0.5, 0.6) is 0 Å². The Labute approximate surface area is 117 Å². The molecule has 0 saturated heterocycles. The summed E-state index contributed by atoms with van der Waals surface area (Å²) in [7, 11) is 3.52. The Morgan fingerprint density at radius 2 is 1.89 bits per heavy atom. The van der Waals surface area contributed by atoms with Crippen molar-refractivity contribution in [3.63, 3.8) is 0 Å². The monoisotopic (exact) mass is 275 g/mol. The van der Waals surface area contributed by atoms with E-state index in [0.717, 1.165) is 22.0 Å². The Hall–Kier alpha value is -1.68. The van der Waals surface area contributed by atoms with Crippen molar-refractivity contribution in [1.82, 2.24) is 4.90 Å². The van der Waals surface area contributed by atoms with Gasteiger partial charge < -0.3 is 9.32 Å². The number of aryl methyl sites for hydroxylation is 1. The zero-order chi connectivity index (χ0) is 13.8. The molecular weight excluding hydrogens is 258 g/mol. The van der Waals surface area contributed by atoms with Crippen molar-refractivity contribution in [3.8, 4) is 0 Å². The predicted molar refractivity (Wildman–Crippen MR) is 77.5 cm³/mol. The molecule has 2 rings (SSSR count). The van der Waals surface area contributed by atoms with Crippen LogP contribution in [-0.4, -0.2) is 24.9 Å². The number of rotatable bonds is 4. The van der Waals surface area contributed by atoms with E-state index < -0.39 is 0 Å². The lowest BCUT2D eigenvalue weighted by atomic mass is 10.1. The molecule has 0 fully saturated rings. The summed E-state index contributed by atoms with van der Waals surface area (Å²) in [5.74, 6) is 1.85. The van der Waals surface area contributed by atoms with Gasteiger partial charge in [0, 0.05) is 30.3 Å². The second-order valence-corrected chi connectivity index (χ2v) is 5.54. The molecule has 0 spiro atoms. The number of carbonyl (C=O) groups is 1. The summed E-state index contributed by atoms with van der Waals surface area (Å²) < 4.78 is 5.26. The second-order valence-electron chi connectivity index (χ2n) is 4.53. The van der Waals surface area contributed by atoms with Crippen LogP contribution in [0.1, 0.15) is 21.7 Å². The summed E-state index contributed by atoms with van der Waals surface area (Å²) >= 11 is 1.74. The molecule has 0 bridgehead atoms. The Kier molecular flexibility index (Phi) is 4.32. The fourth-order valence-electron chi connectivity index (χ4n) is 1.69. The molecule has 1 amide bonds. The molecule has 0 unspecified atom stereocenters. The first-order valence-electron chi connectivity index (χ1n) is 6.05. The van der Waals surface area contributed by atoms with Crippen LogP contribution >= 0.6 is 11.8 Å². The highest BCUT2D eigenvalue weighted by Crippen LogP contribution is 2.26. The molecular formula is C15H17NO2S. The number of thioether (sulfide) groups is 1. The van der Waals surface area contributed by atoms with Crippen LogP contribution in [0.4, 0.5) is 0 Å². The first kappa shape index (κ1) is 13.7. The first-order chi connectivity index (χ1) is 9.08. The lowest BCUT2D eigenvalue weighted by molar-refractivity contribution is 0.0827. The van der Waals surface area contributed by atoms with E-state index in [1.54, 1.807) is 37.0 Å². The minimum absolute atomic E-state index is 0.0323. The van der Waals surface area contributed by atoms with Gasteiger partial charge in [-0.25, -0.2) is 0 Å². The van der Waals surface area contributed by atoms with Crippen molar-refractivity contribution in [1.29, 1.82) is 0 Å². The maximum atomic E-state index is 11.8. The molecule has 1 aromatic heterocycles. The van der Waals surface area contributed by atoms with Crippen LogP contribution < -0.4 is 0 Å². The van der Waals surface area contributed by atoms with E-state index in [4.69, 9.17) is 4.42 Å². The maximum Gasteiger partial charge on any atom is 0.253 e. The molecule has 3 nitrogen and oxygen atoms in total. The molecule has 0 saturated carbocycles. The van der Waals surface area contributed by atoms with Gasteiger partial charge in [-0.1, -0.05) is 12.1 Å². The number of hydrogen-bond acceptors (Lipinski definition) is 3. The Morgan fingerprint density at radius 3 is 2.42 bits per heavy atom. The van der Waals surface area contributed by atoms with E-state index in [9.17, 15) is 4.79 Å². The van der Waals surface area contributed by atoms with Gasteiger partial charge in [-0.2, -0.15) is 0 Å². The first-order valence-corrected chi connectivity index (χ1v) is 7.04. The highest BCUT2D eigenvalue weighted by Gasteiger charge is 2.07. The normalized spacial score (nSPS) is 10.5. The van der Waals surface area contributed by atoms with Gasteiger partial charge in [0.25, 0.3) is 5.91 Å². The van der Waals surface area contributed by atoms with Crippen molar-refractivity contribution in [2.75, 3.05) is 14.1 Å². The third-order valence-electron chi connectivity index (χ3n) is 2.81. The maximum absolute atomic E-state index is 11.8.